The van der Waals surface area contributed by atoms with E-state index in [0.717, 1.165) is 24.8 Å². The predicted molar refractivity (Wildman–Crippen MR) is 52.6 cm³/mol. The largest absolute Gasteiger partial charge is 0.243 e. The Hall–Kier alpha value is -1.07. The Kier molecular flexibility index (Phi) is 3.72. The third-order valence-electron chi connectivity index (χ3n) is 1.84. The first kappa shape index (κ1) is 10.0. The summed E-state index contributed by atoms with van der Waals surface area (Å²) in [5.74, 6) is 0. The molecule has 0 spiro atoms. The van der Waals surface area contributed by atoms with Gasteiger partial charge < -0.3 is 0 Å². The molecule has 2 nitrogen and oxygen atoms in total. The van der Waals surface area contributed by atoms with Crippen molar-refractivity contribution < 1.29 is 0 Å². The number of rotatable bonds is 3. The molecule has 0 amide bonds. The Balaban J connectivity index is 2.82. The molecule has 0 saturated heterocycles. The SMILES string of the molecule is CCCCc1cnc(Cl)c(C#N)c1. The number of nitriles is 1. The van der Waals surface area contributed by atoms with E-state index in [2.05, 4.69) is 11.9 Å². The van der Waals surface area contributed by atoms with E-state index in [1.807, 2.05) is 12.1 Å². The van der Waals surface area contributed by atoms with Crippen molar-refractivity contribution in [1.82, 2.24) is 4.98 Å². The second kappa shape index (κ2) is 4.84. The average Bonchev–Trinajstić information content (AvgIpc) is 2.16. The molecule has 13 heavy (non-hydrogen) atoms. The summed E-state index contributed by atoms with van der Waals surface area (Å²) in [4.78, 5) is 3.95. The third-order valence-corrected chi connectivity index (χ3v) is 2.14. The van der Waals surface area contributed by atoms with Gasteiger partial charge in [0.1, 0.15) is 11.2 Å². The topological polar surface area (TPSA) is 36.7 Å². The number of pyridine rings is 1. The molecule has 3 heteroatoms. The van der Waals surface area contributed by atoms with E-state index in [0.29, 0.717) is 10.7 Å². The number of aryl methyl sites for hydroxylation is 1. The van der Waals surface area contributed by atoms with Crippen molar-refractivity contribution in [3.8, 4) is 6.07 Å². The molecule has 0 aliphatic heterocycles. The van der Waals surface area contributed by atoms with Crippen LogP contribution in [0.15, 0.2) is 12.3 Å². The molecular formula is C10H11ClN2. The fraction of sp³-hybridized carbons (Fsp3) is 0.400. The number of halogens is 1. The molecule has 1 heterocycles. The Labute approximate surface area is 83.2 Å². The maximum atomic E-state index is 8.69. The highest BCUT2D eigenvalue weighted by Gasteiger charge is 2.01. The van der Waals surface area contributed by atoms with Gasteiger partial charge in [-0.15, -0.1) is 0 Å². The van der Waals surface area contributed by atoms with Crippen molar-refractivity contribution in [2.45, 2.75) is 26.2 Å². The van der Waals surface area contributed by atoms with Gasteiger partial charge in [-0.25, -0.2) is 4.98 Å². The predicted octanol–water partition coefficient (Wildman–Crippen LogP) is 2.95. The lowest BCUT2D eigenvalue weighted by molar-refractivity contribution is 0.792. The van der Waals surface area contributed by atoms with Gasteiger partial charge in [-0.3, -0.25) is 0 Å². The lowest BCUT2D eigenvalue weighted by atomic mass is 10.1. The summed E-state index contributed by atoms with van der Waals surface area (Å²) in [7, 11) is 0. The first-order valence-corrected chi connectivity index (χ1v) is 4.70. The molecule has 0 aromatic carbocycles. The molecule has 0 N–H and O–H groups in total. The van der Waals surface area contributed by atoms with Gasteiger partial charge in [0, 0.05) is 6.20 Å². The third kappa shape index (κ3) is 2.71. The van der Waals surface area contributed by atoms with Crippen LogP contribution in [0.1, 0.15) is 30.9 Å². The van der Waals surface area contributed by atoms with Crippen molar-refractivity contribution in [3.05, 3.63) is 28.5 Å². The Morgan fingerprint density at radius 2 is 2.38 bits per heavy atom. The molecule has 0 saturated carbocycles. The van der Waals surface area contributed by atoms with Gasteiger partial charge in [-0.05, 0) is 24.5 Å². The van der Waals surface area contributed by atoms with Gasteiger partial charge in [-0.2, -0.15) is 5.26 Å². The molecule has 0 radical (unpaired) electrons. The van der Waals surface area contributed by atoms with Gasteiger partial charge in [0.25, 0.3) is 0 Å². The summed E-state index contributed by atoms with van der Waals surface area (Å²) in [5, 5.41) is 8.99. The molecule has 0 atom stereocenters. The van der Waals surface area contributed by atoms with Crippen LogP contribution in [0.4, 0.5) is 0 Å². The van der Waals surface area contributed by atoms with E-state index >= 15 is 0 Å². The molecule has 1 rings (SSSR count). The number of nitrogens with zero attached hydrogens (tertiary/aromatic N) is 2. The Bertz CT molecular complexity index is 328. The second-order valence-electron chi connectivity index (χ2n) is 2.90. The van der Waals surface area contributed by atoms with Crippen molar-refractivity contribution >= 4 is 11.6 Å². The summed E-state index contributed by atoms with van der Waals surface area (Å²) < 4.78 is 0. The fourth-order valence-corrected chi connectivity index (χ4v) is 1.23. The van der Waals surface area contributed by atoms with Gasteiger partial charge in [-0.1, -0.05) is 24.9 Å². The quantitative estimate of drug-likeness (QED) is 0.694. The van der Waals surface area contributed by atoms with Crippen LogP contribution in [0.5, 0.6) is 0 Å². The van der Waals surface area contributed by atoms with Crippen molar-refractivity contribution in [3.63, 3.8) is 0 Å². The van der Waals surface area contributed by atoms with E-state index in [4.69, 9.17) is 16.9 Å². The zero-order valence-electron chi connectivity index (χ0n) is 7.55. The molecule has 1 aromatic heterocycles. The molecule has 0 unspecified atom stereocenters. The van der Waals surface area contributed by atoms with Crippen LogP contribution in [-0.4, -0.2) is 4.98 Å². The highest BCUT2D eigenvalue weighted by atomic mass is 35.5. The van der Waals surface area contributed by atoms with Crippen molar-refractivity contribution in [2.24, 2.45) is 0 Å². The zero-order valence-corrected chi connectivity index (χ0v) is 8.30. The normalized spacial score (nSPS) is 9.62. The summed E-state index contributed by atoms with van der Waals surface area (Å²) in [6.45, 7) is 2.13. The second-order valence-corrected chi connectivity index (χ2v) is 3.26. The highest BCUT2D eigenvalue weighted by molar-refractivity contribution is 6.30. The van der Waals surface area contributed by atoms with Crippen molar-refractivity contribution in [1.29, 1.82) is 5.26 Å². The maximum Gasteiger partial charge on any atom is 0.146 e. The Morgan fingerprint density at radius 3 is 3.00 bits per heavy atom. The van der Waals surface area contributed by atoms with E-state index in [-0.39, 0.29) is 0 Å². The van der Waals surface area contributed by atoms with Crippen LogP contribution in [0.3, 0.4) is 0 Å². The van der Waals surface area contributed by atoms with Crippen LogP contribution in [0.2, 0.25) is 5.15 Å². The summed E-state index contributed by atoms with van der Waals surface area (Å²) in [6.07, 6.45) is 4.97. The Morgan fingerprint density at radius 1 is 1.62 bits per heavy atom. The minimum Gasteiger partial charge on any atom is -0.243 e. The summed E-state index contributed by atoms with van der Waals surface area (Å²) in [6, 6.07) is 3.83. The molecule has 0 fully saturated rings. The van der Waals surface area contributed by atoms with Crippen LogP contribution < -0.4 is 0 Å². The molecular weight excluding hydrogens is 184 g/mol. The molecule has 0 aliphatic rings. The van der Waals surface area contributed by atoms with Crippen LogP contribution in [0, 0.1) is 11.3 Å². The van der Waals surface area contributed by atoms with Gasteiger partial charge in [0.05, 0.1) is 5.56 Å². The lowest BCUT2D eigenvalue weighted by Crippen LogP contribution is -1.89. The standard InChI is InChI=1S/C10H11ClN2/c1-2-3-4-8-5-9(6-12)10(11)13-7-8/h5,7H,2-4H2,1H3. The molecule has 0 aliphatic carbocycles. The zero-order chi connectivity index (χ0) is 9.68. The number of unbranched alkanes of at least 4 members (excludes halogenated alkanes) is 1. The van der Waals surface area contributed by atoms with Crippen LogP contribution in [-0.2, 0) is 6.42 Å². The smallest absolute Gasteiger partial charge is 0.146 e. The summed E-state index contributed by atoms with van der Waals surface area (Å²) in [5.41, 5.74) is 1.55. The summed E-state index contributed by atoms with van der Waals surface area (Å²) >= 11 is 5.70. The first-order valence-electron chi connectivity index (χ1n) is 4.32. The number of hydrogen-bond donors (Lipinski definition) is 0. The lowest BCUT2D eigenvalue weighted by Gasteiger charge is -2.00. The maximum absolute atomic E-state index is 8.69. The van der Waals surface area contributed by atoms with Gasteiger partial charge in [0.2, 0.25) is 0 Å². The molecule has 1 aromatic rings. The minimum atomic E-state index is 0.294. The van der Waals surface area contributed by atoms with Gasteiger partial charge >= 0.3 is 0 Å². The van der Waals surface area contributed by atoms with Crippen LogP contribution in [0.25, 0.3) is 0 Å². The van der Waals surface area contributed by atoms with Crippen LogP contribution >= 0.6 is 11.6 Å². The fourth-order valence-electron chi connectivity index (χ4n) is 1.09. The molecule has 68 valence electrons. The highest BCUT2D eigenvalue weighted by Crippen LogP contribution is 2.14. The monoisotopic (exact) mass is 194 g/mol. The number of hydrogen-bond acceptors (Lipinski definition) is 2. The van der Waals surface area contributed by atoms with E-state index in [1.54, 1.807) is 6.20 Å². The first-order chi connectivity index (χ1) is 6.27. The van der Waals surface area contributed by atoms with E-state index in [9.17, 15) is 0 Å². The van der Waals surface area contributed by atoms with E-state index < -0.39 is 0 Å². The van der Waals surface area contributed by atoms with Gasteiger partial charge in [0.15, 0.2) is 0 Å². The number of aromatic nitrogens is 1. The average molecular weight is 195 g/mol. The van der Waals surface area contributed by atoms with Crippen molar-refractivity contribution in [2.75, 3.05) is 0 Å². The minimum absolute atomic E-state index is 0.294. The van der Waals surface area contributed by atoms with E-state index in [1.165, 1.54) is 0 Å². The molecule has 0 bridgehead atoms.